The highest BCUT2D eigenvalue weighted by molar-refractivity contribution is 9.10. The molecule has 3 heterocycles. The molecule has 4 rings (SSSR count). The van der Waals surface area contributed by atoms with Gasteiger partial charge in [-0.25, -0.2) is 4.98 Å². The van der Waals surface area contributed by atoms with Crippen molar-refractivity contribution in [3.8, 4) is 5.75 Å². The Morgan fingerprint density at radius 3 is 2.86 bits per heavy atom. The maximum Gasteiger partial charge on any atom is 0.181 e. The molecule has 4 heteroatoms. The summed E-state index contributed by atoms with van der Waals surface area (Å²) in [6, 6.07) is 12.5. The van der Waals surface area contributed by atoms with Gasteiger partial charge in [0.1, 0.15) is 10.7 Å². The van der Waals surface area contributed by atoms with Crippen molar-refractivity contribution in [1.82, 2.24) is 9.38 Å². The van der Waals surface area contributed by atoms with Crippen molar-refractivity contribution in [2.45, 2.75) is 25.9 Å². The summed E-state index contributed by atoms with van der Waals surface area (Å²) >= 11 is 3.58. The van der Waals surface area contributed by atoms with Gasteiger partial charge in [0.05, 0.1) is 5.69 Å². The Labute approximate surface area is 131 Å². The quantitative estimate of drug-likeness (QED) is 0.652. The molecule has 0 saturated carbocycles. The summed E-state index contributed by atoms with van der Waals surface area (Å²) in [7, 11) is 0. The van der Waals surface area contributed by atoms with Crippen molar-refractivity contribution in [3.05, 3.63) is 64.0 Å². The number of ether oxygens (including phenoxy) is 1. The van der Waals surface area contributed by atoms with E-state index >= 15 is 0 Å². The van der Waals surface area contributed by atoms with Gasteiger partial charge in [-0.15, -0.1) is 0 Å². The molecule has 106 valence electrons. The van der Waals surface area contributed by atoms with Crippen LogP contribution in [0.1, 0.15) is 29.3 Å². The van der Waals surface area contributed by atoms with E-state index < -0.39 is 0 Å². The van der Waals surface area contributed by atoms with Crippen molar-refractivity contribution < 1.29 is 4.74 Å². The lowest BCUT2D eigenvalue weighted by Crippen LogP contribution is -2.16. The average Bonchev–Trinajstić information content (AvgIpc) is 2.83. The largest absolute Gasteiger partial charge is 0.482 e. The number of hydrogen-bond donors (Lipinski definition) is 0. The van der Waals surface area contributed by atoms with Gasteiger partial charge >= 0.3 is 0 Å². The number of halogens is 1. The lowest BCUT2D eigenvalue weighted by molar-refractivity contribution is 0.178. The van der Waals surface area contributed by atoms with E-state index in [-0.39, 0.29) is 6.10 Å². The van der Waals surface area contributed by atoms with Gasteiger partial charge in [0.15, 0.2) is 11.4 Å². The minimum Gasteiger partial charge on any atom is -0.482 e. The lowest BCUT2D eigenvalue weighted by atomic mass is 9.98. The molecule has 3 aromatic rings. The molecule has 21 heavy (non-hydrogen) atoms. The molecule has 1 atom stereocenters. The summed E-state index contributed by atoms with van der Waals surface area (Å²) in [5, 5.41) is 0. The summed E-state index contributed by atoms with van der Waals surface area (Å²) in [5.74, 6) is 0.923. The maximum absolute atomic E-state index is 6.30. The van der Waals surface area contributed by atoms with Gasteiger partial charge in [-0.1, -0.05) is 30.3 Å². The van der Waals surface area contributed by atoms with Crippen molar-refractivity contribution in [1.29, 1.82) is 0 Å². The Hall–Kier alpha value is -1.81. The van der Waals surface area contributed by atoms with E-state index in [4.69, 9.17) is 4.74 Å². The molecule has 0 aliphatic carbocycles. The lowest BCUT2D eigenvalue weighted by Gasteiger charge is -2.26. The van der Waals surface area contributed by atoms with Gasteiger partial charge in [0, 0.05) is 6.20 Å². The van der Waals surface area contributed by atoms with E-state index in [0.29, 0.717) is 0 Å². The highest BCUT2D eigenvalue weighted by Gasteiger charge is 2.24. The Morgan fingerprint density at radius 2 is 2.05 bits per heavy atom. The molecular formula is C17H15BrN2O. The third kappa shape index (κ3) is 2.05. The van der Waals surface area contributed by atoms with E-state index in [2.05, 4.69) is 57.4 Å². The minimum absolute atomic E-state index is 0.112. The van der Waals surface area contributed by atoms with Crippen LogP contribution in [0.25, 0.3) is 5.65 Å². The number of fused-ring (bicyclic) bond motifs is 3. The number of nitrogens with zero attached hydrogens (tertiary/aromatic N) is 2. The third-order valence-electron chi connectivity index (χ3n) is 4.04. The van der Waals surface area contributed by atoms with Crippen LogP contribution in [0.15, 0.2) is 47.2 Å². The molecule has 1 aliphatic heterocycles. The zero-order valence-corrected chi connectivity index (χ0v) is 13.3. The fourth-order valence-electron chi connectivity index (χ4n) is 2.92. The third-order valence-corrected chi connectivity index (χ3v) is 4.99. The summed E-state index contributed by atoms with van der Waals surface area (Å²) in [4.78, 5) is 4.65. The Kier molecular flexibility index (Phi) is 3.00. The number of aryl methyl sites for hydroxylation is 2. The zero-order valence-electron chi connectivity index (χ0n) is 11.7. The standard InChI is InChI=1S/C17H15BrN2O/c1-11-16(18)20-10-9-13-7-8-14(12-5-3-2-4-6-12)21-15(13)17(20)19-11/h2-6,9-10,14H,7-8H2,1H3/t14-/m0/s1. The van der Waals surface area contributed by atoms with Crippen molar-refractivity contribution in [2.75, 3.05) is 0 Å². The summed E-state index contributed by atoms with van der Waals surface area (Å²) in [6.07, 6.45) is 4.20. The Balaban J connectivity index is 1.82. The predicted molar refractivity (Wildman–Crippen MR) is 85.8 cm³/mol. The van der Waals surface area contributed by atoms with Gasteiger partial charge < -0.3 is 4.74 Å². The van der Waals surface area contributed by atoms with Gasteiger partial charge in [-0.2, -0.15) is 0 Å². The van der Waals surface area contributed by atoms with E-state index in [1.54, 1.807) is 0 Å². The first-order valence-electron chi connectivity index (χ1n) is 7.11. The molecule has 2 aromatic heterocycles. The van der Waals surface area contributed by atoms with E-state index in [0.717, 1.165) is 34.5 Å². The van der Waals surface area contributed by atoms with Crippen LogP contribution in [-0.4, -0.2) is 9.38 Å². The second-order valence-electron chi connectivity index (χ2n) is 5.41. The maximum atomic E-state index is 6.30. The number of benzene rings is 1. The molecular weight excluding hydrogens is 328 g/mol. The number of pyridine rings is 1. The number of imidazole rings is 1. The molecule has 0 bridgehead atoms. The molecule has 0 saturated heterocycles. The SMILES string of the molecule is Cc1nc2c3c(ccn2c1Br)CC[C@@H](c1ccccc1)O3. The van der Waals surface area contributed by atoms with Crippen LogP contribution in [0.2, 0.25) is 0 Å². The highest BCUT2D eigenvalue weighted by atomic mass is 79.9. The molecule has 0 spiro atoms. The van der Waals surface area contributed by atoms with E-state index in [9.17, 15) is 0 Å². The smallest absolute Gasteiger partial charge is 0.181 e. The highest BCUT2D eigenvalue weighted by Crippen LogP contribution is 2.38. The van der Waals surface area contributed by atoms with Gasteiger partial charge in [0.25, 0.3) is 0 Å². The monoisotopic (exact) mass is 342 g/mol. The van der Waals surface area contributed by atoms with Crippen LogP contribution >= 0.6 is 15.9 Å². The molecule has 0 radical (unpaired) electrons. The van der Waals surface area contributed by atoms with Crippen molar-refractivity contribution in [2.24, 2.45) is 0 Å². The molecule has 0 N–H and O–H groups in total. The first-order chi connectivity index (χ1) is 10.2. The van der Waals surface area contributed by atoms with Crippen LogP contribution in [0.5, 0.6) is 5.75 Å². The van der Waals surface area contributed by atoms with Crippen LogP contribution in [0.4, 0.5) is 0 Å². The first-order valence-corrected chi connectivity index (χ1v) is 7.91. The average molecular weight is 343 g/mol. The predicted octanol–water partition coefficient (Wildman–Crippen LogP) is 4.47. The van der Waals surface area contributed by atoms with Crippen LogP contribution in [0.3, 0.4) is 0 Å². The molecule has 0 amide bonds. The summed E-state index contributed by atoms with van der Waals surface area (Å²) in [5.41, 5.74) is 4.35. The molecule has 3 nitrogen and oxygen atoms in total. The van der Waals surface area contributed by atoms with Gasteiger partial charge in [0.2, 0.25) is 0 Å². The van der Waals surface area contributed by atoms with Crippen LogP contribution < -0.4 is 4.74 Å². The second-order valence-corrected chi connectivity index (χ2v) is 6.16. The Bertz CT molecular complexity index is 811. The number of aromatic nitrogens is 2. The molecule has 0 fully saturated rings. The topological polar surface area (TPSA) is 26.5 Å². The fourth-order valence-corrected chi connectivity index (χ4v) is 3.30. The van der Waals surface area contributed by atoms with Crippen molar-refractivity contribution in [3.63, 3.8) is 0 Å². The summed E-state index contributed by atoms with van der Waals surface area (Å²) < 4.78 is 9.33. The number of hydrogen-bond acceptors (Lipinski definition) is 2. The van der Waals surface area contributed by atoms with Gasteiger partial charge in [-0.05, 0) is 52.9 Å². The van der Waals surface area contributed by atoms with Crippen LogP contribution in [0, 0.1) is 6.92 Å². The van der Waals surface area contributed by atoms with E-state index in [1.807, 2.05) is 17.4 Å². The zero-order chi connectivity index (χ0) is 14.4. The van der Waals surface area contributed by atoms with Gasteiger partial charge in [-0.3, -0.25) is 4.40 Å². The molecule has 1 aliphatic rings. The molecule has 1 aromatic carbocycles. The van der Waals surface area contributed by atoms with Crippen LogP contribution in [-0.2, 0) is 6.42 Å². The first kappa shape index (κ1) is 12.9. The molecule has 0 unspecified atom stereocenters. The normalized spacial score (nSPS) is 17.5. The summed E-state index contributed by atoms with van der Waals surface area (Å²) in [6.45, 7) is 2.00. The minimum atomic E-state index is 0.112. The van der Waals surface area contributed by atoms with E-state index in [1.165, 1.54) is 11.1 Å². The second kappa shape index (κ2) is 4.88. The fraction of sp³-hybridized carbons (Fsp3) is 0.235. The van der Waals surface area contributed by atoms with Crippen molar-refractivity contribution >= 4 is 21.6 Å². The number of rotatable bonds is 1. The Morgan fingerprint density at radius 1 is 1.24 bits per heavy atom.